The van der Waals surface area contributed by atoms with Crippen molar-refractivity contribution in [3.05, 3.63) is 53.1 Å². The third-order valence-corrected chi connectivity index (χ3v) is 4.68. The van der Waals surface area contributed by atoms with E-state index in [-0.39, 0.29) is 18.6 Å². The van der Waals surface area contributed by atoms with Crippen molar-refractivity contribution in [3.63, 3.8) is 0 Å². The molecule has 0 aromatic heterocycles. The third kappa shape index (κ3) is 4.73. The number of amides is 1. The predicted molar refractivity (Wildman–Crippen MR) is 105 cm³/mol. The van der Waals surface area contributed by atoms with Crippen molar-refractivity contribution in [1.82, 2.24) is 5.32 Å². The zero-order valence-corrected chi connectivity index (χ0v) is 16.4. The van der Waals surface area contributed by atoms with Gasteiger partial charge in [0.15, 0.2) is 18.1 Å². The molecule has 0 bridgehead atoms. The highest BCUT2D eigenvalue weighted by Crippen LogP contribution is 2.32. The molecule has 3 rings (SSSR count). The first-order chi connectivity index (χ1) is 12.9. The number of ether oxygens (including phenoxy) is 3. The van der Waals surface area contributed by atoms with Crippen molar-refractivity contribution in [3.8, 4) is 17.2 Å². The fourth-order valence-corrected chi connectivity index (χ4v) is 2.97. The molecule has 1 N–H and O–H groups in total. The lowest BCUT2D eigenvalue weighted by Gasteiger charge is -2.21. The molecule has 1 amide bonds. The van der Waals surface area contributed by atoms with Gasteiger partial charge in [-0.25, -0.2) is 0 Å². The third-order valence-electron chi connectivity index (χ3n) is 4.68. The molecule has 1 aliphatic rings. The minimum absolute atomic E-state index is 0.0166. The van der Waals surface area contributed by atoms with E-state index in [2.05, 4.69) is 25.2 Å². The lowest BCUT2D eigenvalue weighted by molar-refractivity contribution is -0.123. The lowest BCUT2D eigenvalue weighted by Crippen LogP contribution is -2.31. The first-order valence-corrected chi connectivity index (χ1v) is 9.36. The predicted octanol–water partition coefficient (Wildman–Crippen LogP) is 4.15. The van der Waals surface area contributed by atoms with Gasteiger partial charge >= 0.3 is 0 Å². The van der Waals surface area contributed by atoms with Crippen molar-refractivity contribution in [2.45, 2.75) is 39.7 Å². The summed E-state index contributed by atoms with van der Waals surface area (Å²) in [7, 11) is 0. The summed E-state index contributed by atoms with van der Waals surface area (Å²) < 4.78 is 16.9. The molecule has 27 heavy (non-hydrogen) atoms. The summed E-state index contributed by atoms with van der Waals surface area (Å²) in [6, 6.07) is 11.7. The maximum atomic E-state index is 12.3. The van der Waals surface area contributed by atoms with E-state index in [1.54, 1.807) is 0 Å². The number of hydrogen-bond acceptors (Lipinski definition) is 4. The molecule has 5 heteroatoms. The van der Waals surface area contributed by atoms with E-state index in [4.69, 9.17) is 14.2 Å². The summed E-state index contributed by atoms with van der Waals surface area (Å²) in [5.41, 5.74) is 3.18. The molecule has 0 fully saturated rings. The maximum Gasteiger partial charge on any atom is 0.258 e. The van der Waals surface area contributed by atoms with E-state index in [9.17, 15) is 4.79 Å². The van der Waals surface area contributed by atoms with Crippen LogP contribution in [0.4, 0.5) is 0 Å². The van der Waals surface area contributed by atoms with Gasteiger partial charge in [-0.15, -0.1) is 0 Å². The molecule has 144 valence electrons. The molecule has 0 saturated carbocycles. The van der Waals surface area contributed by atoms with Gasteiger partial charge in [0, 0.05) is 0 Å². The van der Waals surface area contributed by atoms with Gasteiger partial charge < -0.3 is 19.5 Å². The number of aryl methyl sites for hydroxylation is 1. The summed E-state index contributed by atoms with van der Waals surface area (Å²) in [5, 5.41) is 2.97. The van der Waals surface area contributed by atoms with Gasteiger partial charge in [-0.3, -0.25) is 4.79 Å². The van der Waals surface area contributed by atoms with Crippen molar-refractivity contribution >= 4 is 5.91 Å². The number of carbonyl (C=O) groups excluding carboxylic acids is 1. The minimum Gasteiger partial charge on any atom is -0.486 e. The highest BCUT2D eigenvalue weighted by atomic mass is 16.6. The topological polar surface area (TPSA) is 56.8 Å². The average Bonchev–Trinajstić information content (AvgIpc) is 2.66. The molecule has 0 saturated heterocycles. The van der Waals surface area contributed by atoms with Crippen LogP contribution < -0.4 is 19.5 Å². The second-order valence-corrected chi connectivity index (χ2v) is 7.16. The standard InChI is InChI=1S/C22H27NO4/c1-14(2)17-6-5-15(3)20(11-17)27-13-22(24)23-16(4)18-7-8-19-21(12-18)26-10-9-25-19/h5-8,11-12,14,16H,9-10,13H2,1-4H3,(H,23,24). The van der Waals surface area contributed by atoms with E-state index in [0.717, 1.165) is 28.4 Å². The van der Waals surface area contributed by atoms with Gasteiger partial charge in [0.05, 0.1) is 6.04 Å². The van der Waals surface area contributed by atoms with Crippen LogP contribution in [0.2, 0.25) is 0 Å². The van der Waals surface area contributed by atoms with Gasteiger partial charge in [0.2, 0.25) is 0 Å². The molecule has 0 spiro atoms. The van der Waals surface area contributed by atoms with Crippen molar-refractivity contribution in [2.75, 3.05) is 19.8 Å². The maximum absolute atomic E-state index is 12.3. The van der Waals surface area contributed by atoms with Crippen LogP contribution in [0.1, 0.15) is 49.4 Å². The van der Waals surface area contributed by atoms with Crippen LogP contribution in [0.5, 0.6) is 17.2 Å². The van der Waals surface area contributed by atoms with E-state index in [1.807, 2.05) is 44.2 Å². The monoisotopic (exact) mass is 369 g/mol. The van der Waals surface area contributed by atoms with Crippen molar-refractivity contribution in [1.29, 1.82) is 0 Å². The Morgan fingerprint density at radius 3 is 2.48 bits per heavy atom. The highest BCUT2D eigenvalue weighted by molar-refractivity contribution is 5.78. The molecule has 2 aromatic carbocycles. The van der Waals surface area contributed by atoms with Crippen LogP contribution in [0, 0.1) is 6.92 Å². The summed E-state index contributed by atoms with van der Waals surface area (Å²) in [6.07, 6.45) is 0. The second-order valence-electron chi connectivity index (χ2n) is 7.16. The Bertz CT molecular complexity index is 816. The summed E-state index contributed by atoms with van der Waals surface area (Å²) in [4.78, 5) is 12.3. The Kier molecular flexibility index (Phi) is 5.89. The van der Waals surface area contributed by atoms with Crippen LogP contribution in [-0.2, 0) is 4.79 Å². The number of carbonyl (C=O) groups is 1. The van der Waals surface area contributed by atoms with E-state index < -0.39 is 0 Å². The molecular weight excluding hydrogens is 342 g/mol. The van der Waals surface area contributed by atoms with E-state index >= 15 is 0 Å². The quantitative estimate of drug-likeness (QED) is 0.831. The molecule has 1 aliphatic heterocycles. The fourth-order valence-electron chi connectivity index (χ4n) is 2.97. The Morgan fingerprint density at radius 2 is 1.74 bits per heavy atom. The Morgan fingerprint density at radius 1 is 1.04 bits per heavy atom. The number of rotatable bonds is 6. The van der Waals surface area contributed by atoms with E-state index in [1.165, 1.54) is 5.56 Å². The first kappa shape index (κ1) is 19.1. The molecular formula is C22H27NO4. The molecule has 5 nitrogen and oxygen atoms in total. The van der Waals surface area contributed by atoms with E-state index in [0.29, 0.717) is 19.1 Å². The van der Waals surface area contributed by atoms with Crippen LogP contribution in [0.25, 0.3) is 0 Å². The van der Waals surface area contributed by atoms with Gasteiger partial charge in [-0.1, -0.05) is 32.0 Å². The summed E-state index contributed by atoms with van der Waals surface area (Å²) >= 11 is 0. The average molecular weight is 369 g/mol. The molecule has 0 aliphatic carbocycles. The van der Waals surface area contributed by atoms with Gasteiger partial charge in [0.25, 0.3) is 5.91 Å². The van der Waals surface area contributed by atoms with Gasteiger partial charge in [0.1, 0.15) is 19.0 Å². The van der Waals surface area contributed by atoms with Gasteiger partial charge in [-0.2, -0.15) is 0 Å². The Balaban J connectivity index is 1.58. The summed E-state index contributed by atoms with van der Waals surface area (Å²) in [5.74, 6) is 2.47. The second kappa shape index (κ2) is 8.33. The lowest BCUT2D eigenvalue weighted by atomic mass is 10.0. The Hall–Kier alpha value is -2.69. The van der Waals surface area contributed by atoms with Crippen LogP contribution in [-0.4, -0.2) is 25.7 Å². The van der Waals surface area contributed by atoms with Crippen molar-refractivity contribution in [2.24, 2.45) is 0 Å². The molecule has 1 atom stereocenters. The largest absolute Gasteiger partial charge is 0.486 e. The van der Waals surface area contributed by atoms with Crippen LogP contribution >= 0.6 is 0 Å². The number of fused-ring (bicyclic) bond motifs is 1. The Labute approximate surface area is 160 Å². The summed E-state index contributed by atoms with van der Waals surface area (Å²) in [6.45, 7) is 9.28. The molecule has 2 aromatic rings. The first-order valence-electron chi connectivity index (χ1n) is 9.36. The minimum atomic E-state index is -0.160. The molecule has 1 unspecified atom stereocenters. The zero-order valence-electron chi connectivity index (χ0n) is 16.4. The highest BCUT2D eigenvalue weighted by Gasteiger charge is 2.16. The van der Waals surface area contributed by atoms with Crippen LogP contribution in [0.15, 0.2) is 36.4 Å². The van der Waals surface area contributed by atoms with Crippen molar-refractivity contribution < 1.29 is 19.0 Å². The van der Waals surface area contributed by atoms with Crippen LogP contribution in [0.3, 0.4) is 0 Å². The zero-order chi connectivity index (χ0) is 19.4. The fraction of sp³-hybridized carbons (Fsp3) is 0.409. The number of nitrogens with one attached hydrogen (secondary N) is 1. The number of hydrogen-bond donors (Lipinski definition) is 1. The van der Waals surface area contributed by atoms with Gasteiger partial charge in [-0.05, 0) is 54.7 Å². The molecule has 1 heterocycles. The molecule has 0 radical (unpaired) electrons. The smallest absolute Gasteiger partial charge is 0.258 e. The normalized spacial score (nSPS) is 14.0. The number of benzene rings is 2. The SMILES string of the molecule is Cc1ccc(C(C)C)cc1OCC(=O)NC(C)c1ccc2c(c1)OCCO2.